The van der Waals surface area contributed by atoms with E-state index in [2.05, 4.69) is 49.6 Å². The first-order chi connectivity index (χ1) is 14.0. The number of hydrogen-bond acceptors (Lipinski definition) is 4. The number of aryl methyl sites for hydroxylation is 2. The topological polar surface area (TPSA) is 64.1 Å². The third kappa shape index (κ3) is 6.31. The molecule has 2 aromatic rings. The smallest absolute Gasteiger partial charge is 0.203 e. The molecular weight excluding hydrogens is 366 g/mol. The molecule has 0 amide bonds. The van der Waals surface area contributed by atoms with Crippen molar-refractivity contribution in [3.05, 3.63) is 52.6 Å². The number of guanidine groups is 1. The van der Waals surface area contributed by atoms with Crippen LogP contribution in [-0.4, -0.2) is 40.4 Å². The van der Waals surface area contributed by atoms with E-state index in [9.17, 15) is 0 Å². The standard InChI is InChI=1S/C23H33N3O3/c1-7-24-23(25-11-10-18-13-16(2)12-17(3)14-18)26-15-19-8-9-20(27-4)22(29-6)21(19)28-5/h8-9,12-14H,7,10-11,15H2,1-6H3,(H2,24,25,26). The Morgan fingerprint density at radius 1 is 0.897 bits per heavy atom. The highest BCUT2D eigenvalue weighted by molar-refractivity contribution is 5.79. The number of benzene rings is 2. The van der Waals surface area contributed by atoms with Crippen LogP contribution in [0.1, 0.15) is 29.2 Å². The number of nitrogens with zero attached hydrogens (tertiary/aromatic N) is 1. The molecule has 0 radical (unpaired) electrons. The second kappa shape index (κ2) is 11.2. The number of nitrogens with one attached hydrogen (secondary N) is 2. The second-order valence-electron chi connectivity index (χ2n) is 6.86. The van der Waals surface area contributed by atoms with Crippen molar-refractivity contribution in [3.8, 4) is 17.2 Å². The maximum Gasteiger partial charge on any atom is 0.203 e. The lowest BCUT2D eigenvalue weighted by molar-refractivity contribution is 0.322. The fraction of sp³-hybridized carbons (Fsp3) is 0.435. The highest BCUT2D eigenvalue weighted by Gasteiger charge is 2.15. The molecule has 0 aromatic heterocycles. The quantitative estimate of drug-likeness (QED) is 0.498. The molecule has 0 saturated carbocycles. The molecule has 0 bridgehead atoms. The van der Waals surface area contributed by atoms with Crippen LogP contribution in [-0.2, 0) is 13.0 Å². The monoisotopic (exact) mass is 399 g/mol. The lowest BCUT2D eigenvalue weighted by Crippen LogP contribution is -2.38. The normalized spacial score (nSPS) is 11.2. The Morgan fingerprint density at radius 3 is 2.17 bits per heavy atom. The van der Waals surface area contributed by atoms with Crippen molar-refractivity contribution < 1.29 is 14.2 Å². The van der Waals surface area contributed by atoms with Gasteiger partial charge in [0, 0.05) is 18.7 Å². The zero-order valence-electron chi connectivity index (χ0n) is 18.4. The van der Waals surface area contributed by atoms with Crippen LogP contribution in [0.2, 0.25) is 0 Å². The molecule has 2 rings (SSSR count). The molecule has 29 heavy (non-hydrogen) atoms. The largest absolute Gasteiger partial charge is 0.493 e. The van der Waals surface area contributed by atoms with E-state index in [0.717, 1.165) is 31.0 Å². The van der Waals surface area contributed by atoms with Gasteiger partial charge in [-0.05, 0) is 44.9 Å². The molecule has 0 heterocycles. The average molecular weight is 400 g/mol. The molecule has 2 N–H and O–H groups in total. The lowest BCUT2D eigenvalue weighted by Gasteiger charge is -2.16. The Morgan fingerprint density at radius 2 is 1.59 bits per heavy atom. The maximum atomic E-state index is 5.55. The number of ether oxygens (including phenoxy) is 3. The third-order valence-electron chi connectivity index (χ3n) is 4.53. The van der Waals surface area contributed by atoms with Gasteiger partial charge in [-0.2, -0.15) is 0 Å². The summed E-state index contributed by atoms with van der Waals surface area (Å²) in [5, 5.41) is 6.70. The predicted molar refractivity (Wildman–Crippen MR) is 119 cm³/mol. The van der Waals surface area contributed by atoms with Crippen molar-refractivity contribution in [1.82, 2.24) is 10.6 Å². The highest BCUT2D eigenvalue weighted by atomic mass is 16.5. The van der Waals surface area contributed by atoms with E-state index in [1.807, 2.05) is 12.1 Å². The summed E-state index contributed by atoms with van der Waals surface area (Å²) in [4.78, 5) is 4.71. The molecule has 6 nitrogen and oxygen atoms in total. The highest BCUT2D eigenvalue weighted by Crippen LogP contribution is 2.39. The van der Waals surface area contributed by atoms with E-state index in [1.165, 1.54) is 16.7 Å². The molecule has 0 aliphatic carbocycles. The number of rotatable bonds is 9. The zero-order chi connectivity index (χ0) is 21.2. The average Bonchev–Trinajstić information content (AvgIpc) is 2.70. The van der Waals surface area contributed by atoms with Crippen molar-refractivity contribution in [3.63, 3.8) is 0 Å². The molecule has 0 unspecified atom stereocenters. The van der Waals surface area contributed by atoms with Crippen LogP contribution >= 0.6 is 0 Å². The van der Waals surface area contributed by atoms with Gasteiger partial charge in [-0.15, -0.1) is 0 Å². The molecule has 0 spiro atoms. The second-order valence-corrected chi connectivity index (χ2v) is 6.86. The van der Waals surface area contributed by atoms with Gasteiger partial charge in [0.05, 0.1) is 27.9 Å². The van der Waals surface area contributed by atoms with Crippen molar-refractivity contribution in [1.29, 1.82) is 0 Å². The fourth-order valence-corrected chi connectivity index (χ4v) is 3.33. The van der Waals surface area contributed by atoms with Crippen LogP contribution in [0.25, 0.3) is 0 Å². The summed E-state index contributed by atoms with van der Waals surface area (Å²) < 4.78 is 16.3. The summed E-state index contributed by atoms with van der Waals surface area (Å²) in [5.74, 6) is 2.63. The molecule has 6 heteroatoms. The minimum absolute atomic E-state index is 0.461. The third-order valence-corrected chi connectivity index (χ3v) is 4.53. The molecule has 0 aliphatic heterocycles. The van der Waals surface area contributed by atoms with E-state index in [-0.39, 0.29) is 0 Å². The Hall–Kier alpha value is -2.89. The van der Waals surface area contributed by atoms with Gasteiger partial charge in [0.15, 0.2) is 17.5 Å². The first-order valence-corrected chi connectivity index (χ1v) is 9.89. The van der Waals surface area contributed by atoms with Crippen LogP contribution in [0.3, 0.4) is 0 Å². The predicted octanol–water partition coefficient (Wildman–Crippen LogP) is 3.63. The van der Waals surface area contributed by atoms with Gasteiger partial charge >= 0.3 is 0 Å². The lowest BCUT2D eigenvalue weighted by atomic mass is 10.1. The molecule has 2 aromatic carbocycles. The molecule has 0 aliphatic rings. The van der Waals surface area contributed by atoms with Crippen LogP contribution in [0, 0.1) is 13.8 Å². The summed E-state index contributed by atoms with van der Waals surface area (Å²) in [6.45, 7) is 8.37. The number of aliphatic imine (C=N–C) groups is 1. The van der Waals surface area contributed by atoms with Crippen LogP contribution in [0.5, 0.6) is 17.2 Å². The van der Waals surface area contributed by atoms with Gasteiger partial charge in [-0.25, -0.2) is 4.99 Å². The van der Waals surface area contributed by atoms with E-state index in [1.54, 1.807) is 21.3 Å². The van der Waals surface area contributed by atoms with E-state index in [4.69, 9.17) is 19.2 Å². The van der Waals surface area contributed by atoms with Gasteiger partial charge in [0.1, 0.15) is 0 Å². The zero-order valence-corrected chi connectivity index (χ0v) is 18.4. The molecule has 0 atom stereocenters. The van der Waals surface area contributed by atoms with E-state index in [0.29, 0.717) is 23.8 Å². The minimum atomic E-state index is 0.461. The van der Waals surface area contributed by atoms with Gasteiger partial charge in [0.2, 0.25) is 5.75 Å². The summed E-state index contributed by atoms with van der Waals surface area (Å²) in [5.41, 5.74) is 4.84. The van der Waals surface area contributed by atoms with Crippen LogP contribution < -0.4 is 24.8 Å². The van der Waals surface area contributed by atoms with Crippen molar-refractivity contribution in [2.24, 2.45) is 4.99 Å². The van der Waals surface area contributed by atoms with Crippen LogP contribution in [0.15, 0.2) is 35.3 Å². The fourth-order valence-electron chi connectivity index (χ4n) is 3.33. The summed E-state index contributed by atoms with van der Waals surface area (Å²) in [7, 11) is 4.84. The van der Waals surface area contributed by atoms with E-state index < -0.39 is 0 Å². The number of hydrogen-bond donors (Lipinski definition) is 2. The SMILES string of the molecule is CCNC(=NCc1ccc(OC)c(OC)c1OC)NCCc1cc(C)cc(C)c1. The molecule has 0 saturated heterocycles. The first-order valence-electron chi connectivity index (χ1n) is 9.89. The summed E-state index contributed by atoms with van der Waals surface area (Å²) in [6.07, 6.45) is 0.937. The first kappa shape index (κ1) is 22.4. The molecular formula is C23H33N3O3. The van der Waals surface area contributed by atoms with Gasteiger partial charge in [0.25, 0.3) is 0 Å². The Bertz CT molecular complexity index is 814. The number of methoxy groups -OCH3 is 3. The van der Waals surface area contributed by atoms with Crippen molar-refractivity contribution in [2.75, 3.05) is 34.4 Å². The van der Waals surface area contributed by atoms with Crippen molar-refractivity contribution >= 4 is 5.96 Å². The van der Waals surface area contributed by atoms with Gasteiger partial charge < -0.3 is 24.8 Å². The van der Waals surface area contributed by atoms with E-state index >= 15 is 0 Å². The minimum Gasteiger partial charge on any atom is -0.493 e. The van der Waals surface area contributed by atoms with Gasteiger partial charge in [-0.3, -0.25) is 0 Å². The Labute approximate surface area is 174 Å². The Balaban J connectivity index is 2.08. The van der Waals surface area contributed by atoms with Crippen molar-refractivity contribution in [2.45, 2.75) is 33.7 Å². The molecule has 0 fully saturated rings. The van der Waals surface area contributed by atoms with Crippen LogP contribution in [0.4, 0.5) is 0 Å². The Kier molecular flexibility index (Phi) is 8.65. The maximum absolute atomic E-state index is 5.55. The molecule has 158 valence electrons. The summed E-state index contributed by atoms with van der Waals surface area (Å²) in [6, 6.07) is 10.5. The van der Waals surface area contributed by atoms with Gasteiger partial charge in [-0.1, -0.05) is 29.3 Å². The summed E-state index contributed by atoms with van der Waals surface area (Å²) >= 11 is 0.